The molecule has 2 rings (SSSR count). The maximum absolute atomic E-state index is 12.2. The molecule has 8 heteroatoms. The Hall–Kier alpha value is -1.64. The van der Waals surface area contributed by atoms with Crippen molar-refractivity contribution in [3.63, 3.8) is 0 Å². The number of carbonyl (C=O) groups is 1. The molecule has 0 unspecified atom stereocenters. The summed E-state index contributed by atoms with van der Waals surface area (Å²) in [6.07, 6.45) is 2.11. The second kappa shape index (κ2) is 6.88. The Morgan fingerprint density at radius 2 is 1.86 bits per heavy atom. The Bertz CT molecular complexity index is 566. The fraction of sp³-hybridized carbons (Fsp3) is 0.462. The van der Waals surface area contributed by atoms with Gasteiger partial charge >= 0.3 is 0 Å². The number of hydrogen-bond acceptors (Lipinski definition) is 5. The molecule has 0 saturated carbocycles. The first-order chi connectivity index (χ1) is 10.0. The third kappa shape index (κ3) is 4.16. The standard InChI is InChI=1S/C13H19N3O4S/c1-20-12-2-4-13(5-3-12)21(18,19)15-16-8-6-11(7-9-16)14-10-17/h2-5,10-11,15H,6-9H2,1H3,(H,14,17). The van der Waals surface area contributed by atoms with Gasteiger partial charge in [0.15, 0.2) is 0 Å². The molecule has 1 fully saturated rings. The summed E-state index contributed by atoms with van der Waals surface area (Å²) in [7, 11) is -2.06. The highest BCUT2D eigenvalue weighted by Crippen LogP contribution is 2.16. The predicted octanol–water partition coefficient (Wildman–Crippen LogP) is 0.0989. The second-order valence-corrected chi connectivity index (χ2v) is 6.48. The smallest absolute Gasteiger partial charge is 0.253 e. The minimum atomic E-state index is -3.58. The van der Waals surface area contributed by atoms with Crippen molar-refractivity contribution in [3.8, 4) is 5.75 Å². The summed E-state index contributed by atoms with van der Waals surface area (Å²) in [5.74, 6) is 0.606. The molecule has 1 aromatic rings. The van der Waals surface area contributed by atoms with Gasteiger partial charge in [-0.1, -0.05) is 0 Å². The highest BCUT2D eigenvalue weighted by molar-refractivity contribution is 7.89. The molecule has 0 radical (unpaired) electrons. The van der Waals surface area contributed by atoms with Gasteiger partial charge < -0.3 is 10.1 Å². The average Bonchev–Trinajstić information content (AvgIpc) is 2.49. The van der Waals surface area contributed by atoms with Gasteiger partial charge in [0.1, 0.15) is 5.75 Å². The van der Waals surface area contributed by atoms with Crippen molar-refractivity contribution in [1.29, 1.82) is 0 Å². The number of sulfonamides is 1. The molecule has 0 aromatic heterocycles. The summed E-state index contributed by atoms with van der Waals surface area (Å²) in [5, 5.41) is 4.37. The van der Waals surface area contributed by atoms with Crippen LogP contribution in [0.2, 0.25) is 0 Å². The van der Waals surface area contributed by atoms with Crippen LogP contribution in [0.5, 0.6) is 5.75 Å². The Morgan fingerprint density at radius 3 is 2.38 bits per heavy atom. The molecule has 0 aliphatic carbocycles. The fourth-order valence-electron chi connectivity index (χ4n) is 2.21. The number of amides is 1. The molecule has 0 spiro atoms. The first-order valence-corrected chi connectivity index (χ1v) is 8.14. The largest absolute Gasteiger partial charge is 0.497 e. The minimum absolute atomic E-state index is 0.115. The molecule has 1 aromatic carbocycles. The molecule has 1 aliphatic rings. The van der Waals surface area contributed by atoms with E-state index >= 15 is 0 Å². The Kier molecular flexibility index (Phi) is 5.16. The monoisotopic (exact) mass is 313 g/mol. The number of piperidine rings is 1. The summed E-state index contributed by atoms with van der Waals surface area (Å²) in [4.78, 5) is 13.1. The van der Waals surface area contributed by atoms with E-state index in [0.29, 0.717) is 38.1 Å². The van der Waals surface area contributed by atoms with Crippen molar-refractivity contribution < 1.29 is 17.9 Å². The normalized spacial score (nSPS) is 17.4. The molecule has 116 valence electrons. The predicted molar refractivity (Wildman–Crippen MR) is 77.1 cm³/mol. The Labute approximate surface area is 124 Å². The van der Waals surface area contributed by atoms with E-state index in [-0.39, 0.29) is 10.9 Å². The molecule has 2 N–H and O–H groups in total. The van der Waals surface area contributed by atoms with Crippen LogP contribution >= 0.6 is 0 Å². The van der Waals surface area contributed by atoms with E-state index in [1.165, 1.54) is 19.2 Å². The molecule has 0 atom stereocenters. The van der Waals surface area contributed by atoms with Gasteiger partial charge in [0, 0.05) is 19.1 Å². The second-order valence-electron chi connectivity index (χ2n) is 4.82. The van der Waals surface area contributed by atoms with Gasteiger partial charge in [-0.15, -0.1) is 4.83 Å². The van der Waals surface area contributed by atoms with Crippen molar-refractivity contribution in [1.82, 2.24) is 15.2 Å². The number of benzene rings is 1. The lowest BCUT2D eigenvalue weighted by molar-refractivity contribution is -0.110. The summed E-state index contributed by atoms with van der Waals surface area (Å²) < 4.78 is 29.5. The van der Waals surface area contributed by atoms with Crippen LogP contribution in [-0.2, 0) is 14.8 Å². The van der Waals surface area contributed by atoms with Crippen LogP contribution in [0.4, 0.5) is 0 Å². The Morgan fingerprint density at radius 1 is 1.24 bits per heavy atom. The van der Waals surface area contributed by atoms with E-state index in [0.717, 1.165) is 0 Å². The number of hydrogen-bond donors (Lipinski definition) is 2. The molecule has 1 aliphatic heterocycles. The first-order valence-electron chi connectivity index (χ1n) is 6.66. The summed E-state index contributed by atoms with van der Waals surface area (Å²) >= 11 is 0. The van der Waals surface area contributed by atoms with Crippen LogP contribution in [0.15, 0.2) is 29.2 Å². The van der Waals surface area contributed by atoms with E-state index in [9.17, 15) is 13.2 Å². The number of ether oxygens (including phenoxy) is 1. The maximum Gasteiger partial charge on any atom is 0.253 e. The first kappa shape index (κ1) is 15.7. The van der Waals surface area contributed by atoms with E-state index in [1.807, 2.05) is 0 Å². The number of methoxy groups -OCH3 is 1. The summed E-state index contributed by atoms with van der Waals surface area (Å²) in [6.45, 7) is 1.11. The number of carbonyl (C=O) groups excluding carboxylic acids is 1. The van der Waals surface area contributed by atoms with Crippen LogP contribution in [-0.4, -0.2) is 46.1 Å². The molecule has 1 amide bonds. The summed E-state index contributed by atoms with van der Waals surface area (Å²) in [6, 6.07) is 6.33. The lowest BCUT2D eigenvalue weighted by Crippen LogP contribution is -2.49. The molecule has 21 heavy (non-hydrogen) atoms. The van der Waals surface area contributed by atoms with Crippen LogP contribution in [0.25, 0.3) is 0 Å². The fourth-order valence-corrected chi connectivity index (χ4v) is 3.33. The van der Waals surface area contributed by atoms with Crippen LogP contribution in [0.1, 0.15) is 12.8 Å². The molecular weight excluding hydrogens is 294 g/mol. The topological polar surface area (TPSA) is 87.7 Å². The van der Waals surface area contributed by atoms with Crippen LogP contribution < -0.4 is 14.9 Å². The van der Waals surface area contributed by atoms with Crippen LogP contribution in [0.3, 0.4) is 0 Å². The SMILES string of the molecule is COc1ccc(S(=O)(=O)NN2CCC(NC=O)CC2)cc1. The van der Waals surface area contributed by atoms with Crippen molar-refractivity contribution in [2.75, 3.05) is 20.2 Å². The van der Waals surface area contributed by atoms with Crippen molar-refractivity contribution in [3.05, 3.63) is 24.3 Å². The highest BCUT2D eigenvalue weighted by Gasteiger charge is 2.23. The zero-order valence-corrected chi connectivity index (χ0v) is 12.6. The third-order valence-electron chi connectivity index (χ3n) is 3.42. The lowest BCUT2D eigenvalue weighted by Gasteiger charge is -2.31. The molecule has 1 saturated heterocycles. The van der Waals surface area contributed by atoms with E-state index in [4.69, 9.17) is 4.74 Å². The maximum atomic E-state index is 12.2. The number of nitrogens with zero attached hydrogens (tertiary/aromatic N) is 1. The van der Waals surface area contributed by atoms with Crippen molar-refractivity contribution in [2.45, 2.75) is 23.8 Å². The van der Waals surface area contributed by atoms with Gasteiger partial charge in [-0.05, 0) is 37.1 Å². The van der Waals surface area contributed by atoms with Crippen LogP contribution in [0, 0.1) is 0 Å². The van der Waals surface area contributed by atoms with E-state index < -0.39 is 10.0 Å². The van der Waals surface area contributed by atoms with E-state index in [1.54, 1.807) is 17.1 Å². The van der Waals surface area contributed by atoms with Gasteiger partial charge in [0.25, 0.3) is 10.0 Å². The Balaban J connectivity index is 1.96. The zero-order valence-electron chi connectivity index (χ0n) is 11.8. The van der Waals surface area contributed by atoms with Gasteiger partial charge in [-0.25, -0.2) is 13.4 Å². The average molecular weight is 313 g/mol. The molecule has 1 heterocycles. The van der Waals surface area contributed by atoms with Gasteiger partial charge in [-0.2, -0.15) is 0 Å². The highest BCUT2D eigenvalue weighted by atomic mass is 32.2. The molecule has 7 nitrogen and oxygen atoms in total. The zero-order chi connectivity index (χ0) is 15.3. The number of nitrogens with one attached hydrogen (secondary N) is 2. The number of rotatable bonds is 6. The van der Waals surface area contributed by atoms with Gasteiger partial charge in [0.2, 0.25) is 6.41 Å². The minimum Gasteiger partial charge on any atom is -0.497 e. The molecular formula is C13H19N3O4S. The lowest BCUT2D eigenvalue weighted by atomic mass is 10.1. The van der Waals surface area contributed by atoms with Crippen molar-refractivity contribution >= 4 is 16.4 Å². The third-order valence-corrected chi connectivity index (χ3v) is 4.81. The summed E-state index contributed by atoms with van der Waals surface area (Å²) in [5.41, 5.74) is 0. The van der Waals surface area contributed by atoms with Gasteiger partial charge in [0.05, 0.1) is 12.0 Å². The quantitative estimate of drug-likeness (QED) is 0.727. The van der Waals surface area contributed by atoms with E-state index in [2.05, 4.69) is 10.1 Å². The number of hydrazine groups is 1. The van der Waals surface area contributed by atoms with Gasteiger partial charge in [-0.3, -0.25) is 4.79 Å². The van der Waals surface area contributed by atoms with Crippen molar-refractivity contribution in [2.24, 2.45) is 0 Å². The molecule has 0 bridgehead atoms.